The Morgan fingerprint density at radius 2 is 1.88 bits per heavy atom. The third kappa shape index (κ3) is 4.76. The molecule has 0 saturated carbocycles. The van der Waals surface area contributed by atoms with Crippen LogP contribution in [0.25, 0.3) is 11.4 Å². The highest BCUT2D eigenvalue weighted by Gasteiger charge is 2.17. The minimum Gasteiger partial charge on any atom is -0.508 e. The standard InChI is InChI=1S/C21H15ClN4O5S/c22-16-4-2-1-3-15(16)20-24-25-21(32-11-14-8-13(27)9-19(30)31-14)26(20)23-10-12-5-6-17(28)18(29)7-12/h1-10,27-29H,11H2/b23-10+. The van der Waals surface area contributed by atoms with Crippen LogP contribution in [0.15, 0.2) is 74.1 Å². The number of aromatic hydroxyl groups is 3. The van der Waals surface area contributed by atoms with Crippen molar-refractivity contribution in [2.24, 2.45) is 5.10 Å². The van der Waals surface area contributed by atoms with E-state index < -0.39 is 5.63 Å². The number of phenolic OH excluding ortho intramolecular Hbond substituents is 2. The lowest BCUT2D eigenvalue weighted by atomic mass is 10.2. The Hall–Kier alpha value is -3.76. The molecule has 0 atom stereocenters. The van der Waals surface area contributed by atoms with Crippen molar-refractivity contribution in [2.75, 3.05) is 0 Å². The van der Waals surface area contributed by atoms with Gasteiger partial charge in [0.05, 0.1) is 23.1 Å². The van der Waals surface area contributed by atoms with Gasteiger partial charge in [-0.25, -0.2) is 4.79 Å². The summed E-state index contributed by atoms with van der Waals surface area (Å²) in [5.74, 6) is 0.0839. The maximum Gasteiger partial charge on any atom is 0.339 e. The molecule has 0 spiro atoms. The van der Waals surface area contributed by atoms with E-state index in [-0.39, 0.29) is 28.8 Å². The highest BCUT2D eigenvalue weighted by Crippen LogP contribution is 2.31. The second-order valence-corrected chi connectivity index (χ2v) is 7.83. The fourth-order valence-corrected chi connectivity index (χ4v) is 3.73. The van der Waals surface area contributed by atoms with Gasteiger partial charge in [0.1, 0.15) is 11.5 Å². The summed E-state index contributed by atoms with van der Waals surface area (Å²) in [6, 6.07) is 13.7. The van der Waals surface area contributed by atoms with Crippen LogP contribution in [0.4, 0.5) is 0 Å². The Labute approximate surface area is 190 Å². The Kier molecular flexibility index (Phi) is 6.15. The molecule has 0 unspecified atom stereocenters. The lowest BCUT2D eigenvalue weighted by Gasteiger charge is -2.06. The molecule has 0 aliphatic rings. The van der Waals surface area contributed by atoms with Crippen molar-refractivity contribution in [3.8, 4) is 28.6 Å². The van der Waals surface area contributed by atoms with Gasteiger partial charge >= 0.3 is 5.63 Å². The number of halogens is 1. The fraction of sp³-hybridized carbons (Fsp3) is 0.0476. The van der Waals surface area contributed by atoms with E-state index in [1.807, 2.05) is 0 Å². The first-order valence-corrected chi connectivity index (χ1v) is 10.5. The second-order valence-electron chi connectivity index (χ2n) is 6.48. The van der Waals surface area contributed by atoms with E-state index in [1.165, 1.54) is 40.9 Å². The highest BCUT2D eigenvalue weighted by atomic mass is 35.5. The minimum atomic E-state index is -0.663. The molecule has 4 rings (SSSR count). The van der Waals surface area contributed by atoms with Crippen molar-refractivity contribution < 1.29 is 19.7 Å². The molecular formula is C21H15ClN4O5S. The van der Waals surface area contributed by atoms with Gasteiger partial charge in [-0.3, -0.25) is 0 Å². The molecule has 0 bridgehead atoms. The predicted molar refractivity (Wildman–Crippen MR) is 119 cm³/mol. The summed E-state index contributed by atoms with van der Waals surface area (Å²) in [5.41, 5.74) is 0.459. The maximum atomic E-state index is 11.5. The van der Waals surface area contributed by atoms with Gasteiger partial charge in [-0.05, 0) is 35.9 Å². The number of hydrogen-bond donors (Lipinski definition) is 3. The van der Waals surface area contributed by atoms with Crippen molar-refractivity contribution >= 4 is 29.6 Å². The molecular weight excluding hydrogens is 456 g/mol. The largest absolute Gasteiger partial charge is 0.508 e. The summed E-state index contributed by atoms with van der Waals surface area (Å²) < 4.78 is 6.53. The van der Waals surface area contributed by atoms with Crippen molar-refractivity contribution in [1.29, 1.82) is 0 Å². The molecule has 0 aliphatic carbocycles. The van der Waals surface area contributed by atoms with Gasteiger partial charge in [-0.15, -0.1) is 10.2 Å². The Bertz CT molecular complexity index is 1370. The van der Waals surface area contributed by atoms with Crippen LogP contribution in [-0.4, -0.2) is 36.4 Å². The van der Waals surface area contributed by atoms with Gasteiger partial charge in [0.25, 0.3) is 0 Å². The van der Waals surface area contributed by atoms with E-state index in [0.717, 1.165) is 6.07 Å². The molecule has 2 heterocycles. The normalized spacial score (nSPS) is 11.3. The van der Waals surface area contributed by atoms with Gasteiger partial charge in [0.2, 0.25) is 5.16 Å². The van der Waals surface area contributed by atoms with E-state index >= 15 is 0 Å². The van der Waals surface area contributed by atoms with Gasteiger partial charge in [-0.2, -0.15) is 9.78 Å². The van der Waals surface area contributed by atoms with Crippen molar-refractivity contribution in [2.45, 2.75) is 10.9 Å². The molecule has 0 aliphatic heterocycles. The molecule has 0 fully saturated rings. The van der Waals surface area contributed by atoms with E-state index in [2.05, 4.69) is 15.3 Å². The molecule has 2 aromatic carbocycles. The average molecular weight is 471 g/mol. The molecule has 4 aromatic rings. The Morgan fingerprint density at radius 1 is 1.06 bits per heavy atom. The van der Waals surface area contributed by atoms with Crippen LogP contribution in [0, 0.1) is 0 Å². The number of rotatable bonds is 6. The number of thioether (sulfide) groups is 1. The van der Waals surface area contributed by atoms with Crippen LogP contribution in [-0.2, 0) is 5.75 Å². The first kappa shape index (κ1) is 21.5. The topological polar surface area (TPSA) is 134 Å². The summed E-state index contributed by atoms with van der Waals surface area (Å²) in [6.07, 6.45) is 1.46. The van der Waals surface area contributed by atoms with Crippen LogP contribution in [0.3, 0.4) is 0 Å². The number of benzene rings is 2. The molecule has 32 heavy (non-hydrogen) atoms. The number of nitrogens with zero attached hydrogens (tertiary/aromatic N) is 4. The predicted octanol–water partition coefficient (Wildman–Crippen LogP) is 3.84. The van der Waals surface area contributed by atoms with Crippen molar-refractivity contribution in [1.82, 2.24) is 14.9 Å². The third-order valence-electron chi connectivity index (χ3n) is 4.20. The van der Waals surface area contributed by atoms with Gasteiger partial charge < -0.3 is 19.7 Å². The Morgan fingerprint density at radius 3 is 2.62 bits per heavy atom. The summed E-state index contributed by atoms with van der Waals surface area (Å²) in [5, 5.41) is 42.4. The van der Waals surface area contributed by atoms with E-state index in [1.54, 1.807) is 30.3 Å². The van der Waals surface area contributed by atoms with Crippen LogP contribution in [0.1, 0.15) is 11.3 Å². The second kappa shape index (κ2) is 9.16. The molecule has 0 amide bonds. The van der Waals surface area contributed by atoms with E-state index in [9.17, 15) is 20.1 Å². The summed E-state index contributed by atoms with van der Waals surface area (Å²) >= 11 is 7.50. The van der Waals surface area contributed by atoms with E-state index in [4.69, 9.17) is 16.0 Å². The quantitative estimate of drug-likeness (QED) is 0.220. The minimum absolute atomic E-state index is 0.180. The number of phenols is 2. The maximum absolute atomic E-state index is 11.5. The molecule has 3 N–H and O–H groups in total. The zero-order chi connectivity index (χ0) is 22.7. The summed E-state index contributed by atoms with van der Waals surface area (Å²) in [4.78, 5) is 11.5. The average Bonchev–Trinajstić information content (AvgIpc) is 3.15. The Balaban J connectivity index is 1.71. The SMILES string of the molecule is O=c1cc(O)cc(CSc2nnc(-c3ccccc3Cl)n2/N=C/c2ccc(O)c(O)c2)o1. The molecule has 0 saturated heterocycles. The zero-order valence-electron chi connectivity index (χ0n) is 16.2. The first-order valence-electron chi connectivity index (χ1n) is 9.13. The highest BCUT2D eigenvalue weighted by molar-refractivity contribution is 7.98. The summed E-state index contributed by atoms with van der Waals surface area (Å²) in [7, 11) is 0. The molecule has 9 nitrogen and oxygen atoms in total. The molecule has 162 valence electrons. The van der Waals surface area contributed by atoms with Crippen LogP contribution < -0.4 is 5.63 Å². The van der Waals surface area contributed by atoms with Crippen molar-refractivity contribution in [3.05, 3.63) is 81.4 Å². The number of hydrogen-bond acceptors (Lipinski definition) is 9. The smallest absolute Gasteiger partial charge is 0.339 e. The lowest BCUT2D eigenvalue weighted by Crippen LogP contribution is -2.00. The molecule has 11 heteroatoms. The molecule has 2 aromatic heterocycles. The van der Waals surface area contributed by atoms with Gasteiger partial charge in [-0.1, -0.05) is 35.5 Å². The third-order valence-corrected chi connectivity index (χ3v) is 5.47. The van der Waals surface area contributed by atoms with Crippen LogP contribution >= 0.6 is 23.4 Å². The fourth-order valence-electron chi connectivity index (χ4n) is 2.74. The van der Waals surface area contributed by atoms with E-state index in [0.29, 0.717) is 27.1 Å². The lowest BCUT2D eigenvalue weighted by molar-refractivity contribution is 0.403. The van der Waals surface area contributed by atoms with Gasteiger partial charge in [0, 0.05) is 11.6 Å². The van der Waals surface area contributed by atoms with Crippen LogP contribution in [0.2, 0.25) is 5.02 Å². The first-order chi connectivity index (χ1) is 15.4. The summed E-state index contributed by atoms with van der Waals surface area (Å²) in [6.45, 7) is 0. The van der Waals surface area contributed by atoms with Crippen LogP contribution in [0.5, 0.6) is 17.2 Å². The monoisotopic (exact) mass is 470 g/mol. The van der Waals surface area contributed by atoms with Crippen molar-refractivity contribution in [3.63, 3.8) is 0 Å². The number of aromatic nitrogens is 3. The van der Waals surface area contributed by atoms with Gasteiger partial charge in [0.15, 0.2) is 17.3 Å². The molecule has 0 radical (unpaired) electrons. The zero-order valence-corrected chi connectivity index (χ0v) is 17.8.